The number of amides is 1. The first-order chi connectivity index (χ1) is 8.92. The summed E-state index contributed by atoms with van der Waals surface area (Å²) in [7, 11) is 0. The van der Waals surface area contributed by atoms with Gasteiger partial charge in [0.1, 0.15) is 10.4 Å². The lowest BCUT2D eigenvalue weighted by Gasteiger charge is -2.40. The van der Waals surface area contributed by atoms with Crippen molar-refractivity contribution in [2.24, 2.45) is 16.3 Å². The maximum atomic E-state index is 12.5. The van der Waals surface area contributed by atoms with E-state index in [1.165, 1.54) is 11.3 Å². The number of thiazole rings is 1. The molecule has 0 bridgehead atoms. The molecule has 0 spiro atoms. The van der Waals surface area contributed by atoms with Crippen molar-refractivity contribution in [1.82, 2.24) is 10.3 Å². The van der Waals surface area contributed by atoms with Crippen molar-refractivity contribution in [2.45, 2.75) is 38.6 Å². The molecule has 1 saturated carbocycles. The number of hydrogen-bond acceptors (Lipinski definition) is 5. The molecule has 1 aliphatic carbocycles. The zero-order valence-corrected chi connectivity index (χ0v) is 11.8. The number of carbonyl (C=O) groups excluding carboxylic acids is 1. The lowest BCUT2D eigenvalue weighted by atomic mass is 9.67. The lowest BCUT2D eigenvalue weighted by molar-refractivity contribution is -0.132. The fraction of sp³-hybridized carbons (Fsp3) is 0.583. The van der Waals surface area contributed by atoms with Gasteiger partial charge in [0.2, 0.25) is 5.91 Å². The van der Waals surface area contributed by atoms with Crippen LogP contribution in [0.25, 0.3) is 0 Å². The van der Waals surface area contributed by atoms with Crippen molar-refractivity contribution in [3.8, 4) is 0 Å². The number of aromatic nitrogens is 1. The molecular formula is C12H18N4O2S. The Morgan fingerprint density at radius 1 is 1.63 bits per heavy atom. The van der Waals surface area contributed by atoms with Crippen molar-refractivity contribution >= 4 is 23.1 Å². The SMILES string of the molecule is CC(C)(NC(=O)C1(/C(N)=N/O)CCC1)c1nccs1. The van der Waals surface area contributed by atoms with Crippen LogP contribution in [0.4, 0.5) is 0 Å². The van der Waals surface area contributed by atoms with E-state index in [9.17, 15) is 4.79 Å². The Labute approximate surface area is 115 Å². The van der Waals surface area contributed by atoms with Gasteiger partial charge >= 0.3 is 0 Å². The number of amidine groups is 1. The number of nitrogens with two attached hydrogens (primary N) is 1. The van der Waals surface area contributed by atoms with Crippen LogP contribution in [0, 0.1) is 5.41 Å². The minimum Gasteiger partial charge on any atom is -0.409 e. The van der Waals surface area contributed by atoms with Crippen LogP contribution in [0.2, 0.25) is 0 Å². The number of oxime groups is 1. The minimum atomic E-state index is -0.858. The van der Waals surface area contributed by atoms with Gasteiger partial charge in [-0.15, -0.1) is 11.3 Å². The van der Waals surface area contributed by atoms with Gasteiger partial charge < -0.3 is 16.3 Å². The minimum absolute atomic E-state index is 0.00816. The first kappa shape index (κ1) is 13.8. The van der Waals surface area contributed by atoms with Crippen molar-refractivity contribution in [3.05, 3.63) is 16.6 Å². The molecule has 7 heteroatoms. The summed E-state index contributed by atoms with van der Waals surface area (Å²) >= 11 is 1.49. The third-order valence-corrected chi connectivity index (χ3v) is 4.73. The monoisotopic (exact) mass is 282 g/mol. The van der Waals surface area contributed by atoms with E-state index >= 15 is 0 Å². The number of nitrogens with zero attached hydrogens (tertiary/aromatic N) is 2. The number of hydrogen-bond donors (Lipinski definition) is 3. The van der Waals surface area contributed by atoms with Crippen molar-refractivity contribution in [3.63, 3.8) is 0 Å². The van der Waals surface area contributed by atoms with E-state index in [1.807, 2.05) is 19.2 Å². The van der Waals surface area contributed by atoms with Gasteiger partial charge in [0, 0.05) is 11.6 Å². The molecule has 2 rings (SSSR count). The Morgan fingerprint density at radius 2 is 2.32 bits per heavy atom. The molecule has 6 nitrogen and oxygen atoms in total. The predicted molar refractivity (Wildman–Crippen MR) is 73.0 cm³/mol. The molecule has 0 aromatic carbocycles. The maximum Gasteiger partial charge on any atom is 0.234 e. The second-order valence-corrected chi connectivity index (χ2v) is 6.23. The summed E-state index contributed by atoms with van der Waals surface area (Å²) in [6, 6.07) is 0. The molecule has 1 heterocycles. The van der Waals surface area contributed by atoms with Gasteiger partial charge in [0.15, 0.2) is 5.84 Å². The Balaban J connectivity index is 2.17. The van der Waals surface area contributed by atoms with Gasteiger partial charge in [-0.05, 0) is 26.7 Å². The maximum absolute atomic E-state index is 12.5. The molecule has 1 aromatic rings. The van der Waals surface area contributed by atoms with Crippen LogP contribution >= 0.6 is 11.3 Å². The predicted octanol–water partition coefficient (Wildman–Crippen LogP) is 1.41. The van der Waals surface area contributed by atoms with Gasteiger partial charge in [-0.1, -0.05) is 11.6 Å². The van der Waals surface area contributed by atoms with Crippen LogP contribution in [-0.4, -0.2) is 21.9 Å². The molecule has 0 radical (unpaired) electrons. The summed E-state index contributed by atoms with van der Waals surface area (Å²) in [6.07, 6.45) is 3.84. The van der Waals surface area contributed by atoms with E-state index < -0.39 is 11.0 Å². The van der Waals surface area contributed by atoms with Gasteiger partial charge in [-0.2, -0.15) is 0 Å². The highest BCUT2D eigenvalue weighted by Gasteiger charge is 2.49. The Hall–Kier alpha value is -1.63. The van der Waals surface area contributed by atoms with Crippen molar-refractivity contribution in [2.75, 3.05) is 0 Å². The van der Waals surface area contributed by atoms with E-state index in [0.29, 0.717) is 12.8 Å². The molecule has 1 amide bonds. The molecule has 19 heavy (non-hydrogen) atoms. The van der Waals surface area contributed by atoms with Crippen LogP contribution < -0.4 is 11.1 Å². The fourth-order valence-electron chi connectivity index (χ4n) is 2.21. The van der Waals surface area contributed by atoms with Crippen LogP contribution in [0.3, 0.4) is 0 Å². The summed E-state index contributed by atoms with van der Waals surface area (Å²) in [5.41, 5.74) is 4.25. The van der Waals surface area contributed by atoms with E-state index in [4.69, 9.17) is 10.9 Å². The number of carbonyl (C=O) groups is 1. The second kappa shape index (κ2) is 4.80. The summed E-state index contributed by atoms with van der Waals surface area (Å²) in [5, 5.41) is 17.5. The van der Waals surface area contributed by atoms with E-state index in [-0.39, 0.29) is 11.7 Å². The summed E-state index contributed by atoms with van der Waals surface area (Å²) in [5.74, 6) is -0.208. The van der Waals surface area contributed by atoms with Gasteiger partial charge in [0.05, 0.1) is 5.54 Å². The summed E-state index contributed by atoms with van der Waals surface area (Å²) in [6.45, 7) is 3.78. The third kappa shape index (κ3) is 2.30. The quantitative estimate of drug-likeness (QED) is 0.336. The Kier molecular flexibility index (Phi) is 3.49. The van der Waals surface area contributed by atoms with Crippen LogP contribution in [0.1, 0.15) is 38.1 Å². The zero-order valence-electron chi connectivity index (χ0n) is 11.0. The number of nitrogens with one attached hydrogen (secondary N) is 1. The van der Waals surface area contributed by atoms with Gasteiger partial charge in [-0.3, -0.25) is 4.79 Å². The Bertz CT molecular complexity index is 492. The molecule has 0 unspecified atom stereocenters. The van der Waals surface area contributed by atoms with Crippen LogP contribution in [0.5, 0.6) is 0 Å². The molecule has 4 N–H and O–H groups in total. The topological polar surface area (TPSA) is 101 Å². The highest BCUT2D eigenvalue weighted by atomic mass is 32.1. The molecule has 0 saturated heterocycles. The standard InChI is InChI=1S/C12H18N4O2S/c1-11(2,10-14-6-7-19-10)15-9(17)12(4-3-5-12)8(13)16-18/h6-7,18H,3-5H2,1-2H3,(H2,13,16)(H,15,17). The third-order valence-electron chi connectivity index (χ3n) is 3.63. The largest absolute Gasteiger partial charge is 0.409 e. The normalized spacial score (nSPS) is 18.7. The first-order valence-electron chi connectivity index (χ1n) is 6.13. The molecular weight excluding hydrogens is 264 g/mol. The van der Waals surface area contributed by atoms with Crippen LogP contribution in [-0.2, 0) is 10.3 Å². The Morgan fingerprint density at radius 3 is 2.74 bits per heavy atom. The van der Waals surface area contributed by atoms with Gasteiger partial charge in [0.25, 0.3) is 0 Å². The second-order valence-electron chi connectivity index (χ2n) is 5.34. The van der Waals surface area contributed by atoms with E-state index in [2.05, 4.69) is 15.5 Å². The summed E-state index contributed by atoms with van der Waals surface area (Å²) in [4.78, 5) is 16.7. The zero-order chi connectivity index (χ0) is 14.1. The first-order valence-corrected chi connectivity index (χ1v) is 7.01. The summed E-state index contributed by atoms with van der Waals surface area (Å²) < 4.78 is 0. The average molecular weight is 282 g/mol. The molecule has 1 fully saturated rings. The van der Waals surface area contributed by atoms with Gasteiger partial charge in [-0.25, -0.2) is 4.98 Å². The molecule has 0 aliphatic heterocycles. The van der Waals surface area contributed by atoms with E-state index in [0.717, 1.165) is 11.4 Å². The molecule has 104 valence electrons. The lowest BCUT2D eigenvalue weighted by Crippen LogP contribution is -2.57. The molecule has 1 aliphatic rings. The molecule has 0 atom stereocenters. The number of rotatable bonds is 4. The fourth-order valence-corrected chi connectivity index (χ4v) is 2.93. The van der Waals surface area contributed by atoms with E-state index in [1.54, 1.807) is 6.20 Å². The molecule has 1 aromatic heterocycles. The highest BCUT2D eigenvalue weighted by Crippen LogP contribution is 2.42. The van der Waals surface area contributed by atoms with Crippen molar-refractivity contribution < 1.29 is 10.0 Å². The smallest absolute Gasteiger partial charge is 0.234 e. The highest BCUT2D eigenvalue weighted by molar-refractivity contribution is 7.09. The van der Waals surface area contributed by atoms with Crippen molar-refractivity contribution in [1.29, 1.82) is 0 Å². The van der Waals surface area contributed by atoms with Crippen LogP contribution in [0.15, 0.2) is 16.7 Å². The average Bonchev–Trinajstić information content (AvgIpc) is 2.80.